The van der Waals surface area contributed by atoms with Crippen LogP contribution in [0.3, 0.4) is 0 Å². The Labute approximate surface area is 174 Å². The monoisotopic (exact) mass is 386 g/mol. The molecule has 0 N–H and O–H groups in total. The Morgan fingerprint density at radius 3 is 1.50 bits per heavy atom. The fourth-order valence-electron chi connectivity index (χ4n) is 3.01. The van der Waals surface area contributed by atoms with E-state index in [2.05, 4.69) is 81.5 Å². The summed E-state index contributed by atoms with van der Waals surface area (Å²) < 4.78 is 5.28. The molecule has 0 aliphatic rings. The summed E-state index contributed by atoms with van der Waals surface area (Å²) in [5.74, 6) is -0.0349. The first-order chi connectivity index (χ1) is 13.7. The third-order valence-corrected chi connectivity index (χ3v) is 5.01. The summed E-state index contributed by atoms with van der Waals surface area (Å²) in [6.45, 7) is 8.65. The van der Waals surface area contributed by atoms with Gasteiger partial charge in [-0.25, -0.2) is 0 Å². The van der Waals surface area contributed by atoms with Crippen molar-refractivity contribution in [1.82, 2.24) is 0 Å². The third kappa shape index (κ3) is 12.5. The highest BCUT2D eigenvalue weighted by Crippen LogP contribution is 2.33. The molecule has 0 aromatic carbocycles. The van der Waals surface area contributed by atoms with Gasteiger partial charge in [-0.05, 0) is 64.7 Å². The molecule has 0 heterocycles. The molecule has 0 bridgehead atoms. The van der Waals surface area contributed by atoms with Gasteiger partial charge in [-0.2, -0.15) is 0 Å². The van der Waals surface area contributed by atoms with E-state index in [-0.39, 0.29) is 11.4 Å². The molecule has 0 amide bonds. The molecule has 2 nitrogen and oxygen atoms in total. The number of esters is 1. The van der Waals surface area contributed by atoms with E-state index in [1.807, 2.05) is 6.92 Å². The van der Waals surface area contributed by atoms with Crippen molar-refractivity contribution >= 4 is 5.97 Å². The molecule has 0 aromatic heterocycles. The van der Waals surface area contributed by atoms with Crippen molar-refractivity contribution in [2.45, 2.75) is 85.5 Å². The van der Waals surface area contributed by atoms with Gasteiger partial charge in [-0.1, -0.05) is 81.5 Å². The third-order valence-electron chi connectivity index (χ3n) is 5.01. The second kappa shape index (κ2) is 18.5. The normalized spacial score (nSPS) is 13.1. The molecule has 0 fully saturated rings. The van der Waals surface area contributed by atoms with Gasteiger partial charge in [0.2, 0.25) is 0 Å². The summed E-state index contributed by atoms with van der Waals surface area (Å²) in [7, 11) is 0. The smallest absolute Gasteiger partial charge is 0.312 e. The van der Waals surface area contributed by atoms with Crippen LogP contribution in [0.1, 0.15) is 85.5 Å². The van der Waals surface area contributed by atoms with Crippen LogP contribution in [0.15, 0.2) is 60.8 Å². The minimum Gasteiger partial charge on any atom is -0.466 e. The van der Waals surface area contributed by atoms with Crippen LogP contribution in [0.5, 0.6) is 0 Å². The molecule has 0 aliphatic heterocycles. The van der Waals surface area contributed by atoms with Crippen LogP contribution in [-0.2, 0) is 9.53 Å². The summed E-state index contributed by atoms with van der Waals surface area (Å²) in [4.78, 5) is 12.2. The maximum absolute atomic E-state index is 12.2. The maximum atomic E-state index is 12.2. The second-order valence-electron chi connectivity index (χ2n) is 6.95. The molecule has 0 rings (SSSR count). The van der Waals surface area contributed by atoms with Crippen LogP contribution in [-0.4, -0.2) is 12.6 Å². The molecule has 158 valence electrons. The van der Waals surface area contributed by atoms with Crippen molar-refractivity contribution in [2.24, 2.45) is 5.41 Å². The number of hydrogen-bond acceptors (Lipinski definition) is 2. The maximum Gasteiger partial charge on any atom is 0.312 e. The highest BCUT2D eigenvalue weighted by Gasteiger charge is 2.35. The molecule has 0 radical (unpaired) electrons. The van der Waals surface area contributed by atoms with Crippen molar-refractivity contribution in [1.29, 1.82) is 0 Å². The van der Waals surface area contributed by atoms with Crippen molar-refractivity contribution in [3.63, 3.8) is 0 Å². The zero-order valence-electron chi connectivity index (χ0n) is 18.7. The van der Waals surface area contributed by atoms with Crippen molar-refractivity contribution in [3.05, 3.63) is 60.8 Å². The Kier molecular flexibility index (Phi) is 17.3. The van der Waals surface area contributed by atoms with Crippen LogP contribution >= 0.6 is 0 Å². The summed E-state index contributed by atoms with van der Waals surface area (Å²) in [6.07, 6.45) is 30.6. The van der Waals surface area contributed by atoms with Gasteiger partial charge < -0.3 is 4.74 Å². The largest absolute Gasteiger partial charge is 0.466 e. The van der Waals surface area contributed by atoms with Gasteiger partial charge in [0, 0.05) is 0 Å². The Bertz CT molecular complexity index is 517. The predicted octanol–water partition coefficient (Wildman–Crippen LogP) is 7.89. The number of ether oxygens (including phenoxy) is 1. The van der Waals surface area contributed by atoms with E-state index >= 15 is 0 Å². The van der Waals surface area contributed by atoms with Gasteiger partial charge in [0.1, 0.15) is 0 Å². The van der Waals surface area contributed by atoms with Crippen LogP contribution in [0.25, 0.3) is 0 Å². The van der Waals surface area contributed by atoms with E-state index in [0.29, 0.717) is 6.61 Å². The van der Waals surface area contributed by atoms with Gasteiger partial charge >= 0.3 is 5.97 Å². The standard InChI is InChI=1S/C26H42O2/c1-5-9-10-11-12-13-14-15-16-17-18-19-20-21-22-23-24-26(6-2,7-3)25(27)28-8-4/h9-10,12-13,15-16,18-19,21-22H,5-8,11,14,17,20,23-24H2,1-4H3/b10-9-,13-12-,16-15-,19-18-,22-21-. The summed E-state index contributed by atoms with van der Waals surface area (Å²) in [5.41, 5.74) is -0.318. The molecule has 0 spiro atoms. The van der Waals surface area contributed by atoms with Crippen LogP contribution < -0.4 is 0 Å². The van der Waals surface area contributed by atoms with E-state index < -0.39 is 0 Å². The van der Waals surface area contributed by atoms with Crippen LogP contribution in [0, 0.1) is 5.41 Å². The summed E-state index contributed by atoms with van der Waals surface area (Å²) in [6, 6.07) is 0. The lowest BCUT2D eigenvalue weighted by Gasteiger charge is -2.28. The Morgan fingerprint density at radius 1 is 0.679 bits per heavy atom. The minimum atomic E-state index is -0.318. The lowest BCUT2D eigenvalue weighted by molar-refractivity contribution is -0.156. The first-order valence-electron chi connectivity index (χ1n) is 11.1. The van der Waals surface area contributed by atoms with Gasteiger partial charge in [-0.3, -0.25) is 4.79 Å². The molecule has 0 atom stereocenters. The molecular formula is C26H42O2. The molecule has 0 saturated heterocycles. The van der Waals surface area contributed by atoms with Crippen LogP contribution in [0.4, 0.5) is 0 Å². The number of carbonyl (C=O) groups excluding carboxylic acids is 1. The second-order valence-corrected chi connectivity index (χ2v) is 6.95. The van der Waals surface area contributed by atoms with E-state index in [1.165, 1.54) is 0 Å². The molecule has 0 unspecified atom stereocenters. The van der Waals surface area contributed by atoms with Crippen molar-refractivity contribution in [2.75, 3.05) is 6.61 Å². The zero-order chi connectivity index (χ0) is 20.9. The van der Waals surface area contributed by atoms with Crippen molar-refractivity contribution < 1.29 is 9.53 Å². The van der Waals surface area contributed by atoms with Crippen molar-refractivity contribution in [3.8, 4) is 0 Å². The van der Waals surface area contributed by atoms with Gasteiger partial charge in [0.05, 0.1) is 12.0 Å². The Hall–Kier alpha value is -1.83. The minimum absolute atomic E-state index is 0.0349. The fourth-order valence-corrected chi connectivity index (χ4v) is 3.01. The Morgan fingerprint density at radius 2 is 1.11 bits per heavy atom. The van der Waals surface area contributed by atoms with E-state index in [1.54, 1.807) is 0 Å². The molecule has 28 heavy (non-hydrogen) atoms. The predicted molar refractivity (Wildman–Crippen MR) is 123 cm³/mol. The fraction of sp³-hybridized carbons (Fsp3) is 0.577. The van der Waals surface area contributed by atoms with E-state index in [0.717, 1.165) is 57.8 Å². The van der Waals surface area contributed by atoms with Gasteiger partial charge in [-0.15, -0.1) is 0 Å². The van der Waals surface area contributed by atoms with E-state index in [9.17, 15) is 4.79 Å². The number of rotatable bonds is 16. The summed E-state index contributed by atoms with van der Waals surface area (Å²) in [5, 5.41) is 0. The number of allylic oxidation sites excluding steroid dienone is 10. The average Bonchev–Trinajstić information content (AvgIpc) is 2.71. The first kappa shape index (κ1) is 26.2. The molecule has 0 aromatic rings. The number of carbonyl (C=O) groups is 1. The van der Waals surface area contributed by atoms with Gasteiger partial charge in [0.25, 0.3) is 0 Å². The molecule has 0 aliphatic carbocycles. The average molecular weight is 387 g/mol. The van der Waals surface area contributed by atoms with Crippen LogP contribution in [0.2, 0.25) is 0 Å². The lowest BCUT2D eigenvalue weighted by atomic mass is 9.78. The SMILES string of the molecule is CC/C=C\C/C=C\C/C=C\C/C=C\C/C=C\CCC(CC)(CC)C(=O)OCC. The topological polar surface area (TPSA) is 26.3 Å². The Balaban J connectivity index is 3.97. The highest BCUT2D eigenvalue weighted by molar-refractivity contribution is 5.76. The molecule has 0 saturated carbocycles. The highest BCUT2D eigenvalue weighted by atomic mass is 16.5. The van der Waals surface area contributed by atoms with E-state index in [4.69, 9.17) is 4.74 Å². The van der Waals surface area contributed by atoms with Gasteiger partial charge in [0.15, 0.2) is 0 Å². The lowest BCUT2D eigenvalue weighted by Crippen LogP contribution is -2.31. The zero-order valence-corrected chi connectivity index (χ0v) is 18.7. The first-order valence-corrected chi connectivity index (χ1v) is 11.1. The molecular weight excluding hydrogens is 344 g/mol. The quantitative estimate of drug-likeness (QED) is 0.199. The molecule has 2 heteroatoms. The summed E-state index contributed by atoms with van der Waals surface area (Å²) >= 11 is 0. The number of hydrogen-bond donors (Lipinski definition) is 0.